The fraction of sp³-hybridized carbons (Fsp3) is 0.222. The van der Waals surface area contributed by atoms with Gasteiger partial charge in [0.1, 0.15) is 5.41 Å². The number of benzene rings is 2. The molecule has 0 atom stereocenters. The summed E-state index contributed by atoms with van der Waals surface area (Å²) >= 11 is 0. The van der Waals surface area contributed by atoms with Crippen LogP contribution in [0.4, 0.5) is 5.69 Å². The Labute approximate surface area is 129 Å². The van der Waals surface area contributed by atoms with E-state index in [-0.39, 0.29) is 11.3 Å². The van der Waals surface area contributed by atoms with Gasteiger partial charge >= 0.3 is 0 Å². The Balaban J connectivity index is 1.50. The summed E-state index contributed by atoms with van der Waals surface area (Å²) in [5, 5.41) is 11.8. The lowest BCUT2D eigenvalue weighted by atomic mass is 9.74. The third kappa shape index (κ3) is 1.83. The van der Waals surface area contributed by atoms with E-state index in [0.717, 1.165) is 30.9 Å². The Kier molecular flexibility index (Phi) is 2.78. The van der Waals surface area contributed by atoms with Gasteiger partial charge in [0.15, 0.2) is 0 Å². The van der Waals surface area contributed by atoms with E-state index in [4.69, 9.17) is 5.26 Å². The monoisotopic (exact) mass is 289 g/mol. The van der Waals surface area contributed by atoms with Gasteiger partial charge in [-0.1, -0.05) is 30.3 Å². The van der Waals surface area contributed by atoms with Crippen molar-refractivity contribution < 1.29 is 4.79 Å². The van der Waals surface area contributed by atoms with Gasteiger partial charge in [0, 0.05) is 25.3 Å². The molecule has 4 heteroatoms. The van der Waals surface area contributed by atoms with Gasteiger partial charge in [0.25, 0.3) is 0 Å². The second-order valence-corrected chi connectivity index (χ2v) is 6.04. The maximum absolute atomic E-state index is 12.3. The molecule has 2 aromatic carbocycles. The minimum Gasteiger partial charge on any atom is -0.325 e. The van der Waals surface area contributed by atoms with Crippen LogP contribution < -0.4 is 5.32 Å². The minimum absolute atomic E-state index is 0.116. The minimum atomic E-state index is -0.372. The zero-order chi connectivity index (χ0) is 15.2. The van der Waals surface area contributed by atoms with E-state index >= 15 is 0 Å². The van der Waals surface area contributed by atoms with Crippen LogP contribution in [-0.2, 0) is 16.8 Å². The van der Waals surface area contributed by atoms with Crippen molar-refractivity contribution in [1.29, 1.82) is 5.26 Å². The van der Waals surface area contributed by atoms with Gasteiger partial charge in [-0.15, -0.1) is 0 Å². The van der Waals surface area contributed by atoms with Gasteiger partial charge in [0.2, 0.25) is 5.91 Å². The van der Waals surface area contributed by atoms with Crippen molar-refractivity contribution in [3.63, 3.8) is 0 Å². The lowest BCUT2D eigenvalue weighted by Gasteiger charge is -2.46. The van der Waals surface area contributed by atoms with E-state index in [1.165, 1.54) is 5.56 Å². The first-order valence-electron chi connectivity index (χ1n) is 7.34. The lowest BCUT2D eigenvalue weighted by molar-refractivity contribution is -0.127. The number of hydrogen-bond donors (Lipinski definition) is 1. The maximum atomic E-state index is 12.3. The fourth-order valence-electron chi connectivity index (χ4n) is 3.46. The maximum Gasteiger partial charge on any atom is 0.237 e. The van der Waals surface area contributed by atoms with Crippen LogP contribution in [0.5, 0.6) is 0 Å². The first-order valence-corrected chi connectivity index (χ1v) is 7.34. The predicted octanol–water partition coefficient (Wildman–Crippen LogP) is 2.26. The van der Waals surface area contributed by atoms with E-state index in [1.54, 1.807) is 0 Å². The molecule has 1 saturated heterocycles. The number of carbonyl (C=O) groups is 1. The topological polar surface area (TPSA) is 56.1 Å². The third-order valence-corrected chi connectivity index (χ3v) is 4.60. The molecule has 0 saturated carbocycles. The smallest absolute Gasteiger partial charge is 0.237 e. The van der Waals surface area contributed by atoms with Gasteiger partial charge in [-0.25, -0.2) is 0 Å². The number of anilines is 1. The van der Waals surface area contributed by atoms with E-state index in [9.17, 15) is 4.79 Å². The van der Waals surface area contributed by atoms with Crippen LogP contribution in [0, 0.1) is 11.3 Å². The quantitative estimate of drug-likeness (QED) is 0.922. The van der Waals surface area contributed by atoms with Gasteiger partial charge in [-0.05, 0) is 29.3 Å². The molecular formula is C18H15N3O. The Morgan fingerprint density at radius 2 is 1.86 bits per heavy atom. The van der Waals surface area contributed by atoms with E-state index in [0.29, 0.717) is 5.56 Å². The van der Waals surface area contributed by atoms with Crippen molar-refractivity contribution in [2.45, 2.75) is 12.0 Å². The molecular weight excluding hydrogens is 274 g/mol. The summed E-state index contributed by atoms with van der Waals surface area (Å²) in [4.78, 5) is 14.6. The largest absolute Gasteiger partial charge is 0.325 e. The highest BCUT2D eigenvalue weighted by Crippen LogP contribution is 2.44. The number of amides is 1. The second kappa shape index (κ2) is 4.69. The Morgan fingerprint density at radius 3 is 2.59 bits per heavy atom. The van der Waals surface area contributed by atoms with Gasteiger partial charge in [-0.3, -0.25) is 9.69 Å². The van der Waals surface area contributed by atoms with Gasteiger partial charge in [-0.2, -0.15) is 5.26 Å². The molecule has 4 nitrogen and oxygen atoms in total. The zero-order valence-corrected chi connectivity index (χ0v) is 12.0. The molecule has 0 aromatic heterocycles. The van der Waals surface area contributed by atoms with E-state index in [2.05, 4.69) is 16.3 Å². The van der Waals surface area contributed by atoms with Gasteiger partial charge in [0.05, 0.1) is 11.6 Å². The van der Waals surface area contributed by atoms with Crippen LogP contribution in [-0.4, -0.2) is 23.9 Å². The van der Waals surface area contributed by atoms with Crippen LogP contribution in [0.15, 0.2) is 48.5 Å². The Bertz CT molecular complexity index is 783. The summed E-state index contributed by atoms with van der Waals surface area (Å²) in [6, 6.07) is 17.7. The standard InChI is InChI=1S/C18H15N3O/c19-9-13-5-7-14(8-6-13)10-21-11-18(12-21)15-3-1-2-4-16(15)20-17(18)22/h1-8H,10-12H2,(H,20,22). The highest BCUT2D eigenvalue weighted by atomic mass is 16.2. The third-order valence-electron chi connectivity index (χ3n) is 4.60. The summed E-state index contributed by atoms with van der Waals surface area (Å²) in [5.41, 5.74) is 3.54. The molecule has 0 aliphatic carbocycles. The summed E-state index contributed by atoms with van der Waals surface area (Å²) < 4.78 is 0. The molecule has 1 fully saturated rings. The fourth-order valence-corrected chi connectivity index (χ4v) is 3.46. The zero-order valence-electron chi connectivity index (χ0n) is 12.0. The molecule has 0 unspecified atom stereocenters. The van der Waals surface area contributed by atoms with Crippen molar-refractivity contribution in [3.8, 4) is 6.07 Å². The molecule has 1 amide bonds. The number of nitriles is 1. The number of carbonyl (C=O) groups excluding carboxylic acids is 1. The number of para-hydroxylation sites is 1. The number of fused-ring (bicyclic) bond motifs is 2. The first kappa shape index (κ1) is 13.1. The van der Waals surface area contributed by atoms with Crippen molar-refractivity contribution in [1.82, 2.24) is 4.90 Å². The average Bonchev–Trinajstić information content (AvgIpc) is 2.80. The molecule has 2 heterocycles. The number of likely N-dealkylation sites (tertiary alicyclic amines) is 1. The van der Waals surface area contributed by atoms with Crippen molar-refractivity contribution in [3.05, 3.63) is 65.2 Å². The Hall–Kier alpha value is -2.64. The second-order valence-electron chi connectivity index (χ2n) is 6.04. The van der Waals surface area contributed by atoms with Crippen molar-refractivity contribution in [2.24, 2.45) is 0 Å². The molecule has 2 aromatic rings. The summed E-state index contributed by atoms with van der Waals surface area (Å²) in [6.45, 7) is 2.30. The summed E-state index contributed by atoms with van der Waals surface area (Å²) in [5.74, 6) is 0.116. The Morgan fingerprint density at radius 1 is 1.14 bits per heavy atom. The van der Waals surface area contributed by atoms with Crippen LogP contribution >= 0.6 is 0 Å². The molecule has 2 aliphatic rings. The lowest BCUT2D eigenvalue weighted by Crippen LogP contribution is -2.62. The van der Waals surface area contributed by atoms with E-state index < -0.39 is 0 Å². The van der Waals surface area contributed by atoms with Gasteiger partial charge < -0.3 is 5.32 Å². The molecule has 1 spiro atoms. The van der Waals surface area contributed by atoms with Crippen molar-refractivity contribution >= 4 is 11.6 Å². The molecule has 108 valence electrons. The van der Waals surface area contributed by atoms with Crippen LogP contribution in [0.1, 0.15) is 16.7 Å². The number of hydrogen-bond acceptors (Lipinski definition) is 3. The molecule has 0 radical (unpaired) electrons. The summed E-state index contributed by atoms with van der Waals surface area (Å²) in [6.07, 6.45) is 0. The van der Waals surface area contributed by atoms with E-state index in [1.807, 2.05) is 48.5 Å². The molecule has 0 bridgehead atoms. The molecule has 2 aliphatic heterocycles. The normalized spacial score (nSPS) is 18.4. The van der Waals surface area contributed by atoms with Crippen LogP contribution in [0.3, 0.4) is 0 Å². The van der Waals surface area contributed by atoms with Crippen LogP contribution in [0.25, 0.3) is 0 Å². The van der Waals surface area contributed by atoms with Crippen molar-refractivity contribution in [2.75, 3.05) is 18.4 Å². The molecule has 4 rings (SSSR count). The number of rotatable bonds is 2. The highest BCUT2D eigenvalue weighted by molar-refractivity contribution is 6.07. The average molecular weight is 289 g/mol. The predicted molar refractivity (Wildman–Crippen MR) is 83.2 cm³/mol. The SMILES string of the molecule is N#Cc1ccc(CN2CC3(C2)C(=O)Nc2ccccc23)cc1. The number of nitrogens with zero attached hydrogens (tertiary/aromatic N) is 2. The molecule has 22 heavy (non-hydrogen) atoms. The first-order chi connectivity index (χ1) is 10.7. The molecule has 1 N–H and O–H groups in total. The highest BCUT2D eigenvalue weighted by Gasteiger charge is 2.54. The summed E-state index contributed by atoms with van der Waals surface area (Å²) in [7, 11) is 0. The van der Waals surface area contributed by atoms with Crippen LogP contribution in [0.2, 0.25) is 0 Å². The number of nitrogens with one attached hydrogen (secondary N) is 1.